The predicted molar refractivity (Wildman–Crippen MR) is 158 cm³/mol. The van der Waals surface area contributed by atoms with Gasteiger partial charge in [-0.2, -0.15) is 8.61 Å². The van der Waals surface area contributed by atoms with E-state index in [0.29, 0.717) is 11.1 Å². The van der Waals surface area contributed by atoms with E-state index in [1.165, 1.54) is 62.4 Å². The van der Waals surface area contributed by atoms with Gasteiger partial charge in [-0.3, -0.25) is 9.59 Å². The molecule has 3 heterocycles. The highest BCUT2D eigenvalue weighted by atomic mass is 32.2. The molecular weight excluding hydrogens is 657 g/mol. The number of hydrogen-bond donors (Lipinski definition) is 2. The van der Waals surface area contributed by atoms with Crippen molar-refractivity contribution in [3.63, 3.8) is 0 Å². The number of rotatable bonds is 8. The molecule has 2 N–H and O–H groups in total. The Hall–Kier alpha value is -2.90. The first-order chi connectivity index (χ1) is 20.4. The third kappa shape index (κ3) is 6.28. The van der Waals surface area contributed by atoms with Gasteiger partial charge in [-0.1, -0.05) is 24.3 Å². The summed E-state index contributed by atoms with van der Waals surface area (Å²) in [7, 11) is -16.9. The van der Waals surface area contributed by atoms with Crippen LogP contribution in [-0.4, -0.2) is 101 Å². The first-order valence-corrected chi connectivity index (χ1v) is 20.1. The summed E-state index contributed by atoms with van der Waals surface area (Å²) < 4.78 is 110. The van der Waals surface area contributed by atoms with Gasteiger partial charge < -0.3 is 10.6 Å². The summed E-state index contributed by atoms with van der Waals surface area (Å²) in [5, 5.41) is 5.19. The Morgan fingerprint density at radius 2 is 0.886 bits per heavy atom. The summed E-state index contributed by atoms with van der Waals surface area (Å²) in [6.07, 6.45) is 0. The van der Waals surface area contributed by atoms with Crippen molar-refractivity contribution in [3.8, 4) is 0 Å². The number of sulfonamides is 2. The maximum absolute atomic E-state index is 14.1. The molecular formula is C26H32N4O10S4. The molecule has 2 aromatic carbocycles. The summed E-state index contributed by atoms with van der Waals surface area (Å²) in [6, 6.07) is 5.58. The molecule has 18 heteroatoms. The maximum atomic E-state index is 14.1. The third-order valence-electron chi connectivity index (χ3n) is 7.97. The first-order valence-electron chi connectivity index (χ1n) is 13.6. The number of hydrogen-bond acceptors (Lipinski definition) is 10. The standard InChI is InChI=1S/C26H32N4O10S4/c1-17(31)27-11-19-3-7-21(8-4-19)43(37,38)29-23-13-41(33,34)15-25(23)30(26-16-42(35,36)14-24(26)29)44(39,40)22-9-5-20(6-10-22)12-28-18(2)32/h3-10,23-26H,11-16H2,1-2H3,(H,27,31)(H,28,32)/t23-,24-,25+,26+. The monoisotopic (exact) mass is 688 g/mol. The number of piperazine rings is 1. The molecule has 0 saturated carbocycles. The Morgan fingerprint density at radius 3 is 1.14 bits per heavy atom. The highest BCUT2D eigenvalue weighted by Gasteiger charge is 2.63. The Labute approximate surface area is 256 Å². The molecule has 0 aromatic heterocycles. The fourth-order valence-electron chi connectivity index (χ4n) is 6.05. The largest absolute Gasteiger partial charge is 0.352 e. The topological polar surface area (TPSA) is 201 Å². The quantitative estimate of drug-likeness (QED) is 0.346. The molecule has 3 aliphatic rings. The summed E-state index contributed by atoms with van der Waals surface area (Å²) >= 11 is 0. The van der Waals surface area contributed by atoms with Crippen LogP contribution in [0.1, 0.15) is 25.0 Å². The molecule has 0 unspecified atom stereocenters. The lowest BCUT2D eigenvalue weighted by Crippen LogP contribution is -2.69. The van der Waals surface area contributed by atoms with Gasteiger partial charge in [-0.25, -0.2) is 33.7 Å². The van der Waals surface area contributed by atoms with Gasteiger partial charge in [-0.05, 0) is 35.4 Å². The van der Waals surface area contributed by atoms with Crippen LogP contribution < -0.4 is 10.6 Å². The van der Waals surface area contributed by atoms with Crippen LogP contribution in [0.25, 0.3) is 0 Å². The highest BCUT2D eigenvalue weighted by molar-refractivity contribution is 7.93. The number of carbonyl (C=O) groups is 2. The van der Waals surface area contributed by atoms with Gasteiger partial charge in [-0.15, -0.1) is 0 Å². The molecule has 2 amide bonds. The molecule has 240 valence electrons. The van der Waals surface area contributed by atoms with E-state index in [9.17, 15) is 43.3 Å². The molecule has 3 saturated heterocycles. The minimum Gasteiger partial charge on any atom is -0.352 e. The van der Waals surface area contributed by atoms with Crippen molar-refractivity contribution in [2.75, 3.05) is 23.0 Å². The second-order valence-electron chi connectivity index (χ2n) is 11.2. The van der Waals surface area contributed by atoms with E-state index < -0.39 is 86.9 Å². The average Bonchev–Trinajstić information content (AvgIpc) is 3.41. The Morgan fingerprint density at radius 1 is 0.614 bits per heavy atom. The molecule has 44 heavy (non-hydrogen) atoms. The van der Waals surface area contributed by atoms with E-state index in [1.54, 1.807) is 0 Å². The lowest BCUT2D eigenvalue weighted by molar-refractivity contribution is -0.120. The molecule has 0 bridgehead atoms. The summed E-state index contributed by atoms with van der Waals surface area (Å²) in [5.74, 6) is -3.27. The van der Waals surface area contributed by atoms with E-state index in [2.05, 4.69) is 10.6 Å². The summed E-state index contributed by atoms with van der Waals surface area (Å²) in [4.78, 5) is 22.0. The van der Waals surface area contributed by atoms with Gasteiger partial charge >= 0.3 is 0 Å². The number of nitrogens with one attached hydrogen (secondary N) is 2. The molecule has 2 aromatic rings. The van der Waals surface area contributed by atoms with E-state index in [4.69, 9.17) is 0 Å². The van der Waals surface area contributed by atoms with Crippen molar-refractivity contribution in [1.29, 1.82) is 0 Å². The highest BCUT2D eigenvalue weighted by Crippen LogP contribution is 2.43. The van der Waals surface area contributed by atoms with Crippen molar-refractivity contribution in [3.05, 3.63) is 59.7 Å². The molecule has 5 rings (SSSR count). The van der Waals surface area contributed by atoms with E-state index in [1.807, 2.05) is 0 Å². The Kier molecular flexibility index (Phi) is 8.47. The van der Waals surface area contributed by atoms with Crippen molar-refractivity contribution in [1.82, 2.24) is 19.2 Å². The minimum atomic E-state index is -4.51. The molecule has 3 aliphatic heterocycles. The predicted octanol–water partition coefficient (Wildman–Crippen LogP) is -1.01. The van der Waals surface area contributed by atoms with Crippen LogP contribution in [0, 0.1) is 0 Å². The SMILES string of the molecule is CC(=O)NCc1ccc(S(=O)(=O)N2[C@@H]3CS(=O)(=O)C[C@@H]3N(S(=O)(=O)c3ccc(CNC(C)=O)cc3)[C@H]3CS(=O)(=O)C[C@H]32)cc1. The zero-order chi connectivity index (χ0) is 32.2. The van der Waals surface area contributed by atoms with E-state index >= 15 is 0 Å². The molecule has 0 aliphatic carbocycles. The van der Waals surface area contributed by atoms with Crippen LogP contribution in [-0.2, 0) is 62.4 Å². The smallest absolute Gasteiger partial charge is 0.243 e. The van der Waals surface area contributed by atoms with Crippen molar-refractivity contribution >= 4 is 51.5 Å². The number of amides is 2. The summed E-state index contributed by atoms with van der Waals surface area (Å²) in [5.41, 5.74) is 1.20. The second-order valence-corrected chi connectivity index (χ2v) is 19.2. The van der Waals surface area contributed by atoms with Crippen molar-refractivity contribution < 1.29 is 43.3 Å². The molecule has 3 fully saturated rings. The van der Waals surface area contributed by atoms with Crippen LogP contribution in [0.5, 0.6) is 0 Å². The van der Waals surface area contributed by atoms with Crippen LogP contribution in [0.2, 0.25) is 0 Å². The van der Waals surface area contributed by atoms with Gasteiger partial charge in [0.2, 0.25) is 31.9 Å². The number of nitrogens with zero attached hydrogens (tertiary/aromatic N) is 2. The van der Waals surface area contributed by atoms with Gasteiger partial charge in [0.25, 0.3) is 0 Å². The Bertz CT molecular complexity index is 1730. The van der Waals surface area contributed by atoms with Gasteiger partial charge in [0.15, 0.2) is 19.7 Å². The van der Waals surface area contributed by atoms with Gasteiger partial charge in [0.05, 0.1) is 57.0 Å². The zero-order valence-electron chi connectivity index (χ0n) is 23.8. The molecule has 4 atom stereocenters. The van der Waals surface area contributed by atoms with Gasteiger partial charge in [0, 0.05) is 26.9 Å². The molecule has 14 nitrogen and oxygen atoms in total. The fraction of sp³-hybridized carbons (Fsp3) is 0.462. The van der Waals surface area contributed by atoms with E-state index in [-0.39, 0.29) is 34.7 Å². The molecule has 0 spiro atoms. The number of carbonyl (C=O) groups excluding carboxylic acids is 2. The molecule has 0 radical (unpaired) electrons. The normalized spacial score (nSPS) is 26.4. The number of sulfone groups is 2. The Balaban J connectivity index is 1.56. The van der Waals surface area contributed by atoms with Crippen LogP contribution in [0.3, 0.4) is 0 Å². The first kappa shape index (κ1) is 32.5. The van der Waals surface area contributed by atoms with Crippen LogP contribution >= 0.6 is 0 Å². The minimum absolute atomic E-state index is 0.145. The van der Waals surface area contributed by atoms with E-state index in [0.717, 1.165) is 8.61 Å². The average molecular weight is 689 g/mol. The number of benzene rings is 2. The van der Waals surface area contributed by atoms with Crippen molar-refractivity contribution in [2.24, 2.45) is 0 Å². The lowest BCUT2D eigenvalue weighted by atomic mass is 10.0. The summed E-state index contributed by atoms with van der Waals surface area (Å²) in [6.45, 7) is 2.96. The number of fused-ring (bicyclic) bond motifs is 2. The van der Waals surface area contributed by atoms with Crippen LogP contribution in [0.15, 0.2) is 58.3 Å². The van der Waals surface area contributed by atoms with Crippen LogP contribution in [0.4, 0.5) is 0 Å². The zero-order valence-corrected chi connectivity index (χ0v) is 27.0. The van der Waals surface area contributed by atoms with Gasteiger partial charge in [0.1, 0.15) is 0 Å². The third-order valence-corrected chi connectivity index (χ3v) is 15.3. The fourth-order valence-corrected chi connectivity index (χ4v) is 14.0. The lowest BCUT2D eigenvalue weighted by Gasteiger charge is -2.49. The second kappa shape index (κ2) is 11.5. The maximum Gasteiger partial charge on any atom is 0.243 e. The van der Waals surface area contributed by atoms with Crippen molar-refractivity contribution in [2.45, 2.75) is 60.9 Å².